The summed E-state index contributed by atoms with van der Waals surface area (Å²) in [6, 6.07) is 0. The number of halogens is 1. The van der Waals surface area contributed by atoms with Crippen LogP contribution in [0.2, 0.25) is 0 Å². The van der Waals surface area contributed by atoms with Crippen LogP contribution < -0.4 is 5.32 Å². The monoisotopic (exact) mass is 258 g/mol. The van der Waals surface area contributed by atoms with Gasteiger partial charge in [0.25, 0.3) is 0 Å². The van der Waals surface area contributed by atoms with Gasteiger partial charge in [-0.2, -0.15) is 0 Å². The zero-order chi connectivity index (χ0) is 14.0. The van der Waals surface area contributed by atoms with E-state index < -0.39 is 5.67 Å². The molecule has 0 aliphatic carbocycles. The van der Waals surface area contributed by atoms with Crippen molar-refractivity contribution in [1.29, 1.82) is 0 Å². The van der Waals surface area contributed by atoms with Crippen molar-refractivity contribution in [3.63, 3.8) is 0 Å². The van der Waals surface area contributed by atoms with Gasteiger partial charge in [0.1, 0.15) is 5.67 Å². The Morgan fingerprint density at radius 3 is 1.94 bits per heavy atom. The van der Waals surface area contributed by atoms with E-state index in [1.165, 1.54) is 0 Å². The number of hydrogen-bond acceptors (Lipinski definition) is 2. The minimum Gasteiger partial charge on any atom is -0.309 e. The number of alkyl halides is 1. The van der Waals surface area contributed by atoms with Crippen molar-refractivity contribution in [2.45, 2.75) is 65.6 Å². The summed E-state index contributed by atoms with van der Waals surface area (Å²) in [6.45, 7) is 16.3. The summed E-state index contributed by atoms with van der Waals surface area (Å²) >= 11 is 0. The van der Waals surface area contributed by atoms with E-state index in [9.17, 15) is 4.39 Å². The molecule has 3 heteroatoms. The van der Waals surface area contributed by atoms with Crippen molar-refractivity contribution in [3.8, 4) is 0 Å². The standard InChI is InChI=1S/C15H31FN2/c1-13(2,3)12-18-9-7-15(16,8-10-18)11-17-14(4,5)6/h17H,7-12H2,1-6H3. The Labute approximate surface area is 112 Å². The Balaban J connectivity index is 2.38. The van der Waals surface area contributed by atoms with Crippen LogP contribution in [0.25, 0.3) is 0 Å². The van der Waals surface area contributed by atoms with E-state index in [2.05, 4.69) is 51.8 Å². The largest absolute Gasteiger partial charge is 0.309 e. The predicted octanol–water partition coefficient (Wildman–Crippen LogP) is 3.22. The lowest BCUT2D eigenvalue weighted by Crippen LogP contribution is -2.51. The molecule has 0 aromatic heterocycles. The van der Waals surface area contributed by atoms with Gasteiger partial charge in [-0.05, 0) is 39.0 Å². The summed E-state index contributed by atoms with van der Waals surface area (Å²) in [4.78, 5) is 2.40. The third-order valence-corrected chi connectivity index (χ3v) is 3.39. The van der Waals surface area contributed by atoms with Gasteiger partial charge in [0.15, 0.2) is 0 Å². The van der Waals surface area contributed by atoms with Crippen molar-refractivity contribution in [3.05, 3.63) is 0 Å². The van der Waals surface area contributed by atoms with Gasteiger partial charge in [0, 0.05) is 31.7 Å². The first kappa shape index (κ1) is 15.9. The van der Waals surface area contributed by atoms with Crippen molar-refractivity contribution < 1.29 is 4.39 Å². The number of nitrogens with one attached hydrogen (secondary N) is 1. The molecule has 0 aromatic rings. The molecule has 1 saturated heterocycles. The quantitative estimate of drug-likeness (QED) is 0.836. The summed E-state index contributed by atoms with van der Waals surface area (Å²) in [5.41, 5.74) is -0.705. The Morgan fingerprint density at radius 2 is 1.56 bits per heavy atom. The molecule has 1 rings (SSSR count). The molecule has 0 atom stereocenters. The van der Waals surface area contributed by atoms with Crippen LogP contribution in [-0.4, -0.2) is 42.3 Å². The highest BCUT2D eigenvalue weighted by Gasteiger charge is 2.35. The van der Waals surface area contributed by atoms with E-state index in [1.807, 2.05) is 0 Å². The topological polar surface area (TPSA) is 15.3 Å². The Bertz CT molecular complexity index is 255. The van der Waals surface area contributed by atoms with E-state index in [0.717, 1.165) is 19.6 Å². The van der Waals surface area contributed by atoms with Crippen molar-refractivity contribution in [2.24, 2.45) is 5.41 Å². The summed E-state index contributed by atoms with van der Waals surface area (Å²) < 4.78 is 14.6. The van der Waals surface area contributed by atoms with Crippen molar-refractivity contribution >= 4 is 0 Å². The van der Waals surface area contributed by atoms with E-state index >= 15 is 0 Å². The van der Waals surface area contributed by atoms with E-state index in [4.69, 9.17) is 0 Å². The fourth-order valence-electron chi connectivity index (χ4n) is 2.38. The van der Waals surface area contributed by atoms with Gasteiger partial charge in [-0.1, -0.05) is 20.8 Å². The van der Waals surface area contributed by atoms with Crippen LogP contribution in [0.15, 0.2) is 0 Å². The van der Waals surface area contributed by atoms with Gasteiger partial charge in [0.2, 0.25) is 0 Å². The minimum absolute atomic E-state index is 0.00162. The molecule has 0 unspecified atom stereocenters. The molecule has 1 aliphatic heterocycles. The zero-order valence-electron chi connectivity index (χ0n) is 13.1. The predicted molar refractivity (Wildman–Crippen MR) is 76.7 cm³/mol. The third kappa shape index (κ3) is 6.14. The highest BCUT2D eigenvalue weighted by Crippen LogP contribution is 2.28. The number of rotatable bonds is 3. The van der Waals surface area contributed by atoms with Gasteiger partial charge >= 0.3 is 0 Å². The van der Waals surface area contributed by atoms with Crippen LogP contribution in [0.3, 0.4) is 0 Å². The first-order chi connectivity index (χ1) is 7.99. The molecule has 2 nitrogen and oxygen atoms in total. The normalized spacial score (nSPS) is 22.2. The molecule has 108 valence electrons. The molecule has 1 fully saturated rings. The SMILES string of the molecule is CC(C)(C)CN1CCC(F)(CNC(C)(C)C)CC1. The number of nitrogens with zero attached hydrogens (tertiary/aromatic N) is 1. The molecule has 1 aliphatic rings. The summed E-state index contributed by atoms with van der Waals surface area (Å²) in [5.74, 6) is 0. The summed E-state index contributed by atoms with van der Waals surface area (Å²) in [7, 11) is 0. The van der Waals surface area contributed by atoms with E-state index in [-0.39, 0.29) is 5.54 Å². The lowest BCUT2D eigenvalue weighted by atomic mass is 9.89. The maximum Gasteiger partial charge on any atom is 0.125 e. The number of piperidine rings is 1. The molecular weight excluding hydrogens is 227 g/mol. The summed E-state index contributed by atoms with van der Waals surface area (Å²) in [6.07, 6.45) is 1.32. The Kier molecular flexibility index (Phi) is 4.82. The molecule has 1 N–H and O–H groups in total. The second-order valence-corrected chi connectivity index (χ2v) is 8.09. The second-order valence-electron chi connectivity index (χ2n) is 8.09. The Hall–Kier alpha value is -0.150. The second kappa shape index (κ2) is 5.46. The van der Waals surface area contributed by atoms with Gasteiger partial charge in [-0.25, -0.2) is 4.39 Å². The van der Waals surface area contributed by atoms with Crippen LogP contribution in [0.4, 0.5) is 4.39 Å². The maximum absolute atomic E-state index is 14.6. The van der Waals surface area contributed by atoms with Gasteiger partial charge in [0.05, 0.1) is 0 Å². The van der Waals surface area contributed by atoms with Crippen molar-refractivity contribution in [1.82, 2.24) is 10.2 Å². The lowest BCUT2D eigenvalue weighted by molar-refractivity contribution is 0.0397. The molecule has 0 bridgehead atoms. The highest BCUT2D eigenvalue weighted by atomic mass is 19.1. The van der Waals surface area contributed by atoms with Crippen LogP contribution in [0.1, 0.15) is 54.4 Å². The minimum atomic E-state index is -1.01. The fraction of sp³-hybridized carbons (Fsp3) is 1.00. The fourth-order valence-corrected chi connectivity index (χ4v) is 2.38. The first-order valence-electron chi connectivity index (χ1n) is 7.16. The Morgan fingerprint density at radius 1 is 1.06 bits per heavy atom. The van der Waals surface area contributed by atoms with E-state index in [0.29, 0.717) is 24.8 Å². The average Bonchev–Trinajstić information content (AvgIpc) is 2.17. The number of hydrogen-bond donors (Lipinski definition) is 1. The average molecular weight is 258 g/mol. The molecular formula is C15H31FN2. The van der Waals surface area contributed by atoms with Gasteiger partial charge in [-0.15, -0.1) is 0 Å². The van der Waals surface area contributed by atoms with Crippen molar-refractivity contribution in [2.75, 3.05) is 26.2 Å². The lowest BCUT2D eigenvalue weighted by Gasteiger charge is -2.40. The van der Waals surface area contributed by atoms with E-state index in [1.54, 1.807) is 0 Å². The van der Waals surface area contributed by atoms with Crippen LogP contribution in [0, 0.1) is 5.41 Å². The molecule has 0 spiro atoms. The van der Waals surface area contributed by atoms with Crippen LogP contribution in [0.5, 0.6) is 0 Å². The van der Waals surface area contributed by atoms with Gasteiger partial charge < -0.3 is 10.2 Å². The summed E-state index contributed by atoms with van der Waals surface area (Å²) in [5, 5.41) is 3.30. The molecule has 18 heavy (non-hydrogen) atoms. The number of likely N-dealkylation sites (tertiary alicyclic amines) is 1. The zero-order valence-corrected chi connectivity index (χ0v) is 13.1. The molecule has 0 saturated carbocycles. The molecule has 0 amide bonds. The van der Waals surface area contributed by atoms with Gasteiger partial charge in [-0.3, -0.25) is 0 Å². The third-order valence-electron chi connectivity index (χ3n) is 3.39. The first-order valence-corrected chi connectivity index (χ1v) is 7.16. The smallest absolute Gasteiger partial charge is 0.125 e. The van der Waals surface area contributed by atoms with Crippen LogP contribution >= 0.6 is 0 Å². The molecule has 0 radical (unpaired) electrons. The maximum atomic E-state index is 14.6. The molecule has 0 aromatic carbocycles. The highest BCUT2D eigenvalue weighted by molar-refractivity contribution is 4.91. The molecule has 1 heterocycles. The van der Waals surface area contributed by atoms with Crippen LogP contribution in [-0.2, 0) is 0 Å².